The molecular formula is C8H8N4. The van der Waals surface area contributed by atoms with Gasteiger partial charge in [-0.15, -0.1) is 0 Å². The fourth-order valence-electron chi connectivity index (χ4n) is 1.01. The van der Waals surface area contributed by atoms with Crippen molar-refractivity contribution in [1.29, 1.82) is 0 Å². The van der Waals surface area contributed by atoms with Crippen molar-refractivity contribution in [3.63, 3.8) is 0 Å². The molecule has 60 valence electrons. The standard InChI is InChI=1S/C8H8N4/c9-8-3-7(11-5-12-8)6-1-2-10-4-6/h1-5,10H,(H2,9,11,12). The lowest BCUT2D eigenvalue weighted by Crippen LogP contribution is -1.91. The molecule has 4 nitrogen and oxygen atoms in total. The highest BCUT2D eigenvalue weighted by Gasteiger charge is 1.98. The summed E-state index contributed by atoms with van der Waals surface area (Å²) in [4.78, 5) is 10.8. The van der Waals surface area contributed by atoms with Gasteiger partial charge in [-0.1, -0.05) is 0 Å². The molecule has 2 heterocycles. The number of aromatic nitrogens is 3. The van der Waals surface area contributed by atoms with Crippen molar-refractivity contribution >= 4 is 5.82 Å². The second kappa shape index (κ2) is 2.65. The molecule has 2 rings (SSSR count). The molecule has 0 unspecified atom stereocenters. The third kappa shape index (κ3) is 1.14. The van der Waals surface area contributed by atoms with Gasteiger partial charge in [-0.2, -0.15) is 0 Å². The number of H-pyrrole nitrogens is 1. The molecule has 0 saturated heterocycles. The first kappa shape index (κ1) is 6.84. The summed E-state index contributed by atoms with van der Waals surface area (Å²) in [6.07, 6.45) is 5.16. The highest BCUT2D eigenvalue weighted by molar-refractivity contribution is 5.60. The number of aromatic amines is 1. The summed E-state index contributed by atoms with van der Waals surface area (Å²) in [5, 5.41) is 0. The molecule has 0 aromatic carbocycles. The molecule has 0 aliphatic rings. The lowest BCUT2D eigenvalue weighted by Gasteiger charge is -1.95. The third-order valence-corrected chi connectivity index (χ3v) is 1.58. The Kier molecular flexibility index (Phi) is 1.51. The molecule has 2 aromatic heterocycles. The first-order valence-corrected chi connectivity index (χ1v) is 3.57. The molecule has 0 amide bonds. The van der Waals surface area contributed by atoms with Gasteiger partial charge in [-0.05, 0) is 6.07 Å². The third-order valence-electron chi connectivity index (χ3n) is 1.58. The van der Waals surface area contributed by atoms with E-state index in [1.54, 1.807) is 6.07 Å². The predicted molar refractivity (Wildman–Crippen MR) is 46.2 cm³/mol. The Morgan fingerprint density at radius 2 is 2.25 bits per heavy atom. The maximum atomic E-state index is 5.50. The van der Waals surface area contributed by atoms with Crippen LogP contribution in [-0.4, -0.2) is 15.0 Å². The Hall–Kier alpha value is -1.84. The van der Waals surface area contributed by atoms with E-state index < -0.39 is 0 Å². The summed E-state index contributed by atoms with van der Waals surface area (Å²) < 4.78 is 0. The molecule has 0 bridgehead atoms. The minimum absolute atomic E-state index is 0.487. The summed E-state index contributed by atoms with van der Waals surface area (Å²) in [5.41, 5.74) is 7.36. The number of nitrogens with zero attached hydrogens (tertiary/aromatic N) is 2. The maximum absolute atomic E-state index is 5.50. The van der Waals surface area contributed by atoms with Gasteiger partial charge in [-0.3, -0.25) is 0 Å². The largest absolute Gasteiger partial charge is 0.384 e. The fourth-order valence-corrected chi connectivity index (χ4v) is 1.01. The van der Waals surface area contributed by atoms with Crippen LogP contribution >= 0.6 is 0 Å². The van der Waals surface area contributed by atoms with Crippen LogP contribution in [0.4, 0.5) is 5.82 Å². The Balaban J connectivity index is 2.48. The number of nitrogens with two attached hydrogens (primary N) is 1. The van der Waals surface area contributed by atoms with Crippen molar-refractivity contribution in [2.24, 2.45) is 0 Å². The van der Waals surface area contributed by atoms with Crippen LogP contribution in [0.1, 0.15) is 0 Å². The molecular weight excluding hydrogens is 152 g/mol. The lowest BCUT2D eigenvalue weighted by molar-refractivity contribution is 1.18. The number of hydrogen-bond donors (Lipinski definition) is 2. The maximum Gasteiger partial charge on any atom is 0.127 e. The summed E-state index contributed by atoms with van der Waals surface area (Å²) in [7, 11) is 0. The number of nitrogen functional groups attached to an aromatic ring is 1. The van der Waals surface area contributed by atoms with Gasteiger partial charge >= 0.3 is 0 Å². The lowest BCUT2D eigenvalue weighted by atomic mass is 10.2. The molecule has 0 spiro atoms. The van der Waals surface area contributed by atoms with Crippen LogP contribution in [0.5, 0.6) is 0 Å². The van der Waals surface area contributed by atoms with E-state index in [0.29, 0.717) is 5.82 Å². The monoisotopic (exact) mass is 160 g/mol. The highest BCUT2D eigenvalue weighted by Crippen LogP contribution is 2.15. The Labute approximate surface area is 69.5 Å². The zero-order valence-electron chi connectivity index (χ0n) is 6.36. The van der Waals surface area contributed by atoms with E-state index in [-0.39, 0.29) is 0 Å². The van der Waals surface area contributed by atoms with E-state index in [0.717, 1.165) is 11.3 Å². The van der Waals surface area contributed by atoms with Gasteiger partial charge in [0, 0.05) is 24.0 Å². The van der Waals surface area contributed by atoms with Gasteiger partial charge < -0.3 is 10.7 Å². The predicted octanol–water partition coefficient (Wildman–Crippen LogP) is 1.05. The van der Waals surface area contributed by atoms with Gasteiger partial charge in [0.05, 0.1) is 5.69 Å². The fraction of sp³-hybridized carbons (Fsp3) is 0. The summed E-state index contributed by atoms with van der Waals surface area (Å²) in [6, 6.07) is 3.67. The first-order chi connectivity index (χ1) is 5.86. The van der Waals surface area contributed by atoms with Crippen LogP contribution < -0.4 is 5.73 Å². The number of hydrogen-bond acceptors (Lipinski definition) is 3. The zero-order valence-corrected chi connectivity index (χ0v) is 6.36. The second-order valence-corrected chi connectivity index (χ2v) is 2.43. The van der Waals surface area contributed by atoms with Crippen LogP contribution in [0, 0.1) is 0 Å². The van der Waals surface area contributed by atoms with E-state index in [1.165, 1.54) is 6.33 Å². The van der Waals surface area contributed by atoms with Crippen LogP contribution in [0.25, 0.3) is 11.3 Å². The number of anilines is 1. The van der Waals surface area contributed by atoms with E-state index in [9.17, 15) is 0 Å². The van der Waals surface area contributed by atoms with Crippen molar-refractivity contribution in [2.75, 3.05) is 5.73 Å². The number of rotatable bonds is 1. The Morgan fingerprint density at radius 3 is 2.92 bits per heavy atom. The van der Waals surface area contributed by atoms with Crippen LogP contribution in [0.2, 0.25) is 0 Å². The molecule has 2 aromatic rings. The van der Waals surface area contributed by atoms with Gasteiger partial charge in [0.15, 0.2) is 0 Å². The minimum Gasteiger partial charge on any atom is -0.384 e. The molecule has 0 aliphatic heterocycles. The average molecular weight is 160 g/mol. The van der Waals surface area contributed by atoms with Gasteiger partial charge in [0.2, 0.25) is 0 Å². The smallest absolute Gasteiger partial charge is 0.127 e. The molecule has 0 fully saturated rings. The molecule has 4 heteroatoms. The van der Waals surface area contributed by atoms with Crippen molar-refractivity contribution < 1.29 is 0 Å². The van der Waals surface area contributed by atoms with Gasteiger partial charge in [-0.25, -0.2) is 9.97 Å². The molecule has 0 atom stereocenters. The topological polar surface area (TPSA) is 67.6 Å². The first-order valence-electron chi connectivity index (χ1n) is 3.57. The SMILES string of the molecule is Nc1cc(-c2cc[nH]c2)ncn1. The Morgan fingerprint density at radius 1 is 1.33 bits per heavy atom. The average Bonchev–Trinajstić information content (AvgIpc) is 2.56. The molecule has 3 N–H and O–H groups in total. The zero-order chi connectivity index (χ0) is 8.39. The van der Waals surface area contributed by atoms with Crippen molar-refractivity contribution in [3.05, 3.63) is 30.9 Å². The van der Waals surface area contributed by atoms with Crippen LogP contribution in [0.3, 0.4) is 0 Å². The van der Waals surface area contributed by atoms with E-state index in [4.69, 9.17) is 5.73 Å². The van der Waals surface area contributed by atoms with Crippen LogP contribution in [-0.2, 0) is 0 Å². The van der Waals surface area contributed by atoms with Crippen LogP contribution in [0.15, 0.2) is 30.9 Å². The minimum atomic E-state index is 0.487. The molecule has 0 aliphatic carbocycles. The Bertz CT molecular complexity index is 366. The molecule has 0 radical (unpaired) electrons. The summed E-state index contributed by atoms with van der Waals surface area (Å²) in [6.45, 7) is 0. The van der Waals surface area contributed by atoms with Crippen molar-refractivity contribution in [3.8, 4) is 11.3 Å². The summed E-state index contributed by atoms with van der Waals surface area (Å²) >= 11 is 0. The van der Waals surface area contributed by atoms with E-state index in [1.807, 2.05) is 18.5 Å². The van der Waals surface area contributed by atoms with E-state index >= 15 is 0 Å². The molecule has 12 heavy (non-hydrogen) atoms. The van der Waals surface area contributed by atoms with Crippen molar-refractivity contribution in [1.82, 2.24) is 15.0 Å². The normalized spacial score (nSPS) is 10.0. The van der Waals surface area contributed by atoms with Crippen molar-refractivity contribution in [2.45, 2.75) is 0 Å². The number of nitrogens with one attached hydrogen (secondary N) is 1. The van der Waals surface area contributed by atoms with Gasteiger partial charge in [0.1, 0.15) is 12.1 Å². The van der Waals surface area contributed by atoms with E-state index in [2.05, 4.69) is 15.0 Å². The summed E-state index contributed by atoms with van der Waals surface area (Å²) in [5.74, 6) is 0.487. The second-order valence-electron chi connectivity index (χ2n) is 2.43. The van der Waals surface area contributed by atoms with Gasteiger partial charge in [0.25, 0.3) is 0 Å². The molecule has 0 saturated carbocycles. The highest BCUT2D eigenvalue weighted by atomic mass is 14.9. The quantitative estimate of drug-likeness (QED) is 0.655.